The Morgan fingerprint density at radius 2 is 1.83 bits per heavy atom. The number of nitrogens with two attached hydrogens (primary N) is 1. The summed E-state index contributed by atoms with van der Waals surface area (Å²) in [6, 6.07) is 6.57. The average molecular weight is 248 g/mol. The summed E-state index contributed by atoms with van der Waals surface area (Å²) in [5.74, 6) is -0.481. The highest BCUT2D eigenvalue weighted by Crippen LogP contribution is 2.15. The van der Waals surface area contributed by atoms with Gasteiger partial charge in [-0.2, -0.15) is 0 Å². The molecular formula is C13H16N2O3. The summed E-state index contributed by atoms with van der Waals surface area (Å²) < 4.78 is 0. The van der Waals surface area contributed by atoms with Crippen LogP contribution in [0, 0.1) is 0 Å². The first kappa shape index (κ1) is 12.7. The Kier molecular flexibility index (Phi) is 3.74. The highest BCUT2D eigenvalue weighted by Gasteiger charge is 2.31. The fourth-order valence-corrected chi connectivity index (χ4v) is 1.96. The summed E-state index contributed by atoms with van der Waals surface area (Å²) in [7, 11) is 0. The van der Waals surface area contributed by atoms with Crippen LogP contribution in [0.4, 0.5) is 0 Å². The van der Waals surface area contributed by atoms with Gasteiger partial charge in [-0.15, -0.1) is 0 Å². The van der Waals surface area contributed by atoms with Crippen LogP contribution in [-0.4, -0.2) is 27.9 Å². The maximum absolute atomic E-state index is 11.8. The minimum absolute atomic E-state index is 0.0211. The number of rotatable bonds is 3. The second-order valence-corrected chi connectivity index (χ2v) is 4.44. The molecule has 1 atom stereocenters. The summed E-state index contributed by atoms with van der Waals surface area (Å²) in [6.45, 7) is 0.226. The van der Waals surface area contributed by atoms with Gasteiger partial charge in [-0.05, 0) is 17.5 Å². The SMILES string of the molecule is NC1CCC(=O)N(Cc2ccc(CO)cc2)C1=O. The van der Waals surface area contributed by atoms with Gasteiger partial charge in [0.15, 0.2) is 0 Å². The zero-order chi connectivity index (χ0) is 13.1. The van der Waals surface area contributed by atoms with Gasteiger partial charge in [-0.25, -0.2) is 0 Å². The normalized spacial score (nSPS) is 20.3. The summed E-state index contributed by atoms with van der Waals surface area (Å²) in [6.07, 6.45) is 0.749. The first-order valence-electron chi connectivity index (χ1n) is 5.90. The lowest BCUT2D eigenvalue weighted by Crippen LogP contribution is -2.50. The van der Waals surface area contributed by atoms with Crippen LogP contribution in [0.15, 0.2) is 24.3 Å². The van der Waals surface area contributed by atoms with Gasteiger partial charge in [0.1, 0.15) is 0 Å². The zero-order valence-electron chi connectivity index (χ0n) is 10.0. The third kappa shape index (κ3) is 2.57. The van der Waals surface area contributed by atoms with Crippen LogP contribution in [0.3, 0.4) is 0 Å². The fourth-order valence-electron chi connectivity index (χ4n) is 1.96. The number of imide groups is 1. The van der Waals surface area contributed by atoms with Crippen molar-refractivity contribution in [1.82, 2.24) is 4.90 Å². The van der Waals surface area contributed by atoms with Gasteiger partial charge in [0, 0.05) is 6.42 Å². The Labute approximate surface area is 105 Å². The molecule has 96 valence electrons. The van der Waals surface area contributed by atoms with Gasteiger partial charge < -0.3 is 10.8 Å². The number of piperidine rings is 1. The van der Waals surface area contributed by atoms with E-state index in [-0.39, 0.29) is 25.0 Å². The highest BCUT2D eigenvalue weighted by molar-refractivity contribution is 6.00. The number of amides is 2. The number of hydrogen-bond acceptors (Lipinski definition) is 4. The Morgan fingerprint density at radius 3 is 2.44 bits per heavy atom. The van der Waals surface area contributed by atoms with Crippen molar-refractivity contribution in [2.45, 2.75) is 32.0 Å². The number of benzene rings is 1. The van der Waals surface area contributed by atoms with Crippen molar-refractivity contribution in [3.05, 3.63) is 35.4 Å². The topological polar surface area (TPSA) is 83.6 Å². The molecule has 2 rings (SSSR count). The van der Waals surface area contributed by atoms with E-state index in [4.69, 9.17) is 10.8 Å². The first-order chi connectivity index (χ1) is 8.61. The molecule has 2 amide bonds. The van der Waals surface area contributed by atoms with Crippen LogP contribution < -0.4 is 5.73 Å². The van der Waals surface area contributed by atoms with Crippen LogP contribution in [0.25, 0.3) is 0 Å². The third-order valence-corrected chi connectivity index (χ3v) is 3.10. The number of hydrogen-bond donors (Lipinski definition) is 2. The lowest BCUT2D eigenvalue weighted by atomic mass is 10.0. The molecule has 1 unspecified atom stereocenters. The maximum Gasteiger partial charge on any atom is 0.246 e. The molecule has 1 aliphatic rings. The minimum atomic E-state index is -0.570. The predicted octanol–water partition coefficient (Wildman–Crippen LogP) is 0.155. The molecule has 18 heavy (non-hydrogen) atoms. The minimum Gasteiger partial charge on any atom is -0.392 e. The van der Waals surface area contributed by atoms with E-state index in [9.17, 15) is 9.59 Å². The Bertz CT molecular complexity index is 456. The standard InChI is InChI=1S/C13H16N2O3/c14-11-5-6-12(17)15(13(11)18)7-9-1-3-10(8-16)4-2-9/h1-4,11,16H,5-8,14H2. The molecule has 1 aromatic rings. The number of likely N-dealkylation sites (tertiary alicyclic amines) is 1. The van der Waals surface area contributed by atoms with Crippen LogP contribution in [0.1, 0.15) is 24.0 Å². The third-order valence-electron chi connectivity index (χ3n) is 3.10. The summed E-state index contributed by atoms with van der Waals surface area (Å²) in [4.78, 5) is 24.7. The van der Waals surface area contributed by atoms with E-state index in [1.54, 1.807) is 24.3 Å². The number of aliphatic hydroxyl groups excluding tert-OH is 1. The number of aliphatic hydroxyl groups is 1. The van der Waals surface area contributed by atoms with Crippen LogP contribution in [-0.2, 0) is 22.7 Å². The molecule has 1 aromatic carbocycles. The van der Waals surface area contributed by atoms with Crippen LogP contribution in [0.5, 0.6) is 0 Å². The van der Waals surface area contributed by atoms with Crippen molar-refractivity contribution in [3.8, 4) is 0 Å². The fraction of sp³-hybridized carbons (Fsp3) is 0.385. The van der Waals surface area contributed by atoms with Gasteiger partial charge in [0.25, 0.3) is 0 Å². The van der Waals surface area contributed by atoms with E-state index < -0.39 is 6.04 Å². The van der Waals surface area contributed by atoms with Crippen LogP contribution in [0.2, 0.25) is 0 Å². The molecule has 1 aliphatic heterocycles. The maximum atomic E-state index is 11.8. The molecule has 0 bridgehead atoms. The van der Waals surface area contributed by atoms with E-state index in [2.05, 4.69) is 0 Å². The molecule has 5 nitrogen and oxygen atoms in total. The molecular weight excluding hydrogens is 232 g/mol. The predicted molar refractivity (Wildman–Crippen MR) is 65.1 cm³/mol. The summed E-state index contributed by atoms with van der Waals surface area (Å²) >= 11 is 0. The molecule has 0 radical (unpaired) electrons. The van der Waals surface area contributed by atoms with Gasteiger partial charge in [0.2, 0.25) is 11.8 Å². The van der Waals surface area contributed by atoms with Crippen molar-refractivity contribution < 1.29 is 14.7 Å². The van der Waals surface area contributed by atoms with E-state index in [0.717, 1.165) is 11.1 Å². The average Bonchev–Trinajstić information content (AvgIpc) is 2.40. The molecule has 0 aliphatic carbocycles. The number of carbonyl (C=O) groups excluding carboxylic acids is 2. The quantitative estimate of drug-likeness (QED) is 0.746. The lowest BCUT2D eigenvalue weighted by Gasteiger charge is -2.28. The number of carbonyl (C=O) groups is 2. The lowest BCUT2D eigenvalue weighted by molar-refractivity contribution is -0.149. The Morgan fingerprint density at radius 1 is 1.22 bits per heavy atom. The molecule has 0 aromatic heterocycles. The van der Waals surface area contributed by atoms with Gasteiger partial charge in [0.05, 0.1) is 19.2 Å². The number of nitrogens with zero attached hydrogens (tertiary/aromatic N) is 1. The van der Waals surface area contributed by atoms with Crippen molar-refractivity contribution in [2.24, 2.45) is 5.73 Å². The Balaban J connectivity index is 2.11. The molecule has 5 heteroatoms. The highest BCUT2D eigenvalue weighted by atomic mass is 16.3. The van der Waals surface area contributed by atoms with E-state index in [1.165, 1.54) is 4.90 Å². The van der Waals surface area contributed by atoms with Crippen molar-refractivity contribution in [1.29, 1.82) is 0 Å². The Hall–Kier alpha value is -1.72. The van der Waals surface area contributed by atoms with Crippen molar-refractivity contribution >= 4 is 11.8 Å². The van der Waals surface area contributed by atoms with Crippen molar-refractivity contribution in [2.75, 3.05) is 0 Å². The zero-order valence-corrected chi connectivity index (χ0v) is 10.0. The van der Waals surface area contributed by atoms with Crippen molar-refractivity contribution in [3.63, 3.8) is 0 Å². The molecule has 1 heterocycles. The smallest absolute Gasteiger partial charge is 0.246 e. The molecule has 1 saturated heterocycles. The second-order valence-electron chi connectivity index (χ2n) is 4.44. The second kappa shape index (κ2) is 5.29. The largest absolute Gasteiger partial charge is 0.392 e. The van der Waals surface area contributed by atoms with Crippen LogP contribution >= 0.6 is 0 Å². The monoisotopic (exact) mass is 248 g/mol. The van der Waals surface area contributed by atoms with E-state index >= 15 is 0 Å². The van der Waals surface area contributed by atoms with Gasteiger partial charge >= 0.3 is 0 Å². The van der Waals surface area contributed by atoms with E-state index in [1.807, 2.05) is 0 Å². The molecule has 0 saturated carbocycles. The van der Waals surface area contributed by atoms with E-state index in [0.29, 0.717) is 12.8 Å². The molecule has 1 fully saturated rings. The van der Waals surface area contributed by atoms with Gasteiger partial charge in [-0.3, -0.25) is 14.5 Å². The summed E-state index contributed by atoms with van der Waals surface area (Å²) in [5.41, 5.74) is 7.30. The van der Waals surface area contributed by atoms with Gasteiger partial charge in [-0.1, -0.05) is 24.3 Å². The summed E-state index contributed by atoms with van der Waals surface area (Å²) in [5, 5.41) is 8.93. The molecule has 0 spiro atoms. The molecule has 3 N–H and O–H groups in total. The first-order valence-corrected chi connectivity index (χ1v) is 5.90.